The highest BCUT2D eigenvalue weighted by molar-refractivity contribution is 9.10. The Kier molecular flexibility index (Phi) is 5.28. The van der Waals surface area contributed by atoms with Crippen molar-refractivity contribution in [2.75, 3.05) is 31.2 Å². The lowest BCUT2D eigenvalue weighted by Gasteiger charge is -2.29. The van der Waals surface area contributed by atoms with E-state index in [0.29, 0.717) is 18.9 Å². The van der Waals surface area contributed by atoms with E-state index in [-0.39, 0.29) is 5.56 Å². The molecule has 0 bridgehead atoms. The molecule has 138 valence electrons. The summed E-state index contributed by atoms with van der Waals surface area (Å²) in [6, 6.07) is 5.61. The molecule has 0 spiro atoms. The van der Waals surface area contributed by atoms with Crippen LogP contribution in [0.5, 0.6) is 5.88 Å². The number of anilines is 1. The SMILES string of the molecule is Cn1c(O)c(C=Nc2ccc(N3CCOCC3)c(Br)c2)c(=O)n(C)c1=O. The number of morpholine rings is 1. The average Bonchev–Trinajstić information content (AvgIpc) is 2.65. The van der Waals surface area contributed by atoms with Crippen LogP contribution in [0.25, 0.3) is 0 Å². The minimum absolute atomic E-state index is 0.0389. The van der Waals surface area contributed by atoms with Crippen molar-refractivity contribution in [3.05, 3.63) is 49.1 Å². The number of aliphatic imine (C=N–C) groups is 1. The van der Waals surface area contributed by atoms with Gasteiger partial charge in [0.05, 0.1) is 24.6 Å². The van der Waals surface area contributed by atoms with Gasteiger partial charge in [0.15, 0.2) is 0 Å². The maximum absolute atomic E-state index is 12.2. The molecule has 1 saturated heterocycles. The Morgan fingerprint density at radius 2 is 1.88 bits per heavy atom. The molecule has 2 aromatic rings. The van der Waals surface area contributed by atoms with E-state index in [2.05, 4.69) is 25.8 Å². The number of hydrogen-bond donors (Lipinski definition) is 1. The van der Waals surface area contributed by atoms with Crippen LogP contribution in [-0.2, 0) is 18.8 Å². The summed E-state index contributed by atoms with van der Waals surface area (Å²) >= 11 is 3.55. The Labute approximate surface area is 158 Å². The number of nitrogens with zero attached hydrogens (tertiary/aromatic N) is 4. The highest BCUT2D eigenvalue weighted by atomic mass is 79.9. The predicted octanol–water partition coefficient (Wildman–Crippen LogP) is 1.14. The van der Waals surface area contributed by atoms with E-state index in [1.54, 1.807) is 0 Å². The third kappa shape index (κ3) is 3.45. The Balaban J connectivity index is 1.91. The third-order valence-corrected chi connectivity index (χ3v) is 4.93. The molecule has 26 heavy (non-hydrogen) atoms. The zero-order valence-corrected chi connectivity index (χ0v) is 16.1. The van der Waals surface area contributed by atoms with Crippen LogP contribution in [0.1, 0.15) is 5.56 Å². The van der Waals surface area contributed by atoms with Crippen molar-refractivity contribution in [3.8, 4) is 5.88 Å². The quantitative estimate of drug-likeness (QED) is 0.749. The summed E-state index contributed by atoms with van der Waals surface area (Å²) in [4.78, 5) is 30.4. The van der Waals surface area contributed by atoms with Crippen molar-refractivity contribution in [2.24, 2.45) is 19.1 Å². The fourth-order valence-electron chi connectivity index (χ4n) is 2.75. The lowest BCUT2D eigenvalue weighted by molar-refractivity contribution is 0.122. The van der Waals surface area contributed by atoms with Crippen LogP contribution in [0.15, 0.2) is 37.3 Å². The highest BCUT2D eigenvalue weighted by Crippen LogP contribution is 2.31. The largest absolute Gasteiger partial charge is 0.494 e. The molecule has 0 radical (unpaired) electrons. The van der Waals surface area contributed by atoms with Crippen molar-refractivity contribution >= 4 is 33.5 Å². The molecular weight excluding hydrogens is 404 g/mol. The van der Waals surface area contributed by atoms with E-state index < -0.39 is 17.1 Å². The number of rotatable bonds is 3. The summed E-state index contributed by atoms with van der Waals surface area (Å²) in [6.45, 7) is 3.04. The molecule has 3 rings (SSSR count). The first kappa shape index (κ1) is 18.4. The van der Waals surface area contributed by atoms with Gasteiger partial charge in [-0.15, -0.1) is 0 Å². The predicted molar refractivity (Wildman–Crippen MR) is 103 cm³/mol. The first-order valence-electron chi connectivity index (χ1n) is 8.05. The Hall–Kier alpha value is -2.39. The second-order valence-corrected chi connectivity index (χ2v) is 6.79. The summed E-state index contributed by atoms with van der Waals surface area (Å²) < 4.78 is 8.17. The topological polar surface area (TPSA) is 89.1 Å². The van der Waals surface area contributed by atoms with E-state index in [4.69, 9.17) is 4.74 Å². The summed E-state index contributed by atoms with van der Waals surface area (Å²) in [5, 5.41) is 10.1. The minimum Gasteiger partial charge on any atom is -0.494 e. The van der Waals surface area contributed by atoms with Gasteiger partial charge in [0.2, 0.25) is 5.88 Å². The van der Waals surface area contributed by atoms with Crippen molar-refractivity contribution in [3.63, 3.8) is 0 Å². The molecule has 0 unspecified atom stereocenters. The molecule has 1 aromatic heterocycles. The van der Waals surface area contributed by atoms with Gasteiger partial charge in [0.25, 0.3) is 5.56 Å². The lowest BCUT2D eigenvalue weighted by atomic mass is 10.2. The van der Waals surface area contributed by atoms with Crippen molar-refractivity contribution in [2.45, 2.75) is 0 Å². The molecule has 1 aliphatic rings. The van der Waals surface area contributed by atoms with Gasteiger partial charge in [-0.3, -0.25) is 18.9 Å². The van der Waals surface area contributed by atoms with Gasteiger partial charge in [-0.1, -0.05) is 0 Å². The van der Waals surface area contributed by atoms with Gasteiger partial charge in [0.1, 0.15) is 5.56 Å². The van der Waals surface area contributed by atoms with Gasteiger partial charge in [-0.2, -0.15) is 0 Å². The number of hydrogen-bond acceptors (Lipinski definition) is 6. The van der Waals surface area contributed by atoms with Crippen LogP contribution in [0, 0.1) is 0 Å². The fraction of sp³-hybridized carbons (Fsp3) is 0.353. The van der Waals surface area contributed by atoms with E-state index in [0.717, 1.165) is 32.4 Å². The molecule has 0 atom stereocenters. The maximum Gasteiger partial charge on any atom is 0.333 e. The molecule has 0 saturated carbocycles. The van der Waals surface area contributed by atoms with Gasteiger partial charge in [-0.05, 0) is 34.1 Å². The average molecular weight is 423 g/mol. The summed E-state index contributed by atoms with van der Waals surface area (Å²) in [7, 11) is 2.75. The Morgan fingerprint density at radius 1 is 1.19 bits per heavy atom. The molecule has 1 aromatic carbocycles. The summed E-state index contributed by atoms with van der Waals surface area (Å²) in [5.41, 5.74) is 0.431. The minimum atomic E-state index is -0.599. The molecule has 2 heterocycles. The van der Waals surface area contributed by atoms with E-state index in [9.17, 15) is 14.7 Å². The van der Waals surface area contributed by atoms with Crippen molar-refractivity contribution in [1.82, 2.24) is 9.13 Å². The molecule has 1 N–H and O–H groups in total. The molecular formula is C17H19BrN4O4. The molecule has 8 nitrogen and oxygen atoms in total. The summed E-state index contributed by atoms with van der Waals surface area (Å²) in [5.74, 6) is -0.411. The van der Waals surface area contributed by atoms with Crippen molar-refractivity contribution in [1.29, 1.82) is 0 Å². The van der Waals surface area contributed by atoms with Crippen LogP contribution in [0.2, 0.25) is 0 Å². The Morgan fingerprint density at radius 3 is 2.54 bits per heavy atom. The first-order chi connectivity index (χ1) is 12.4. The van der Waals surface area contributed by atoms with Gasteiger partial charge in [0, 0.05) is 37.9 Å². The molecule has 0 aliphatic carbocycles. The van der Waals surface area contributed by atoms with Crippen LogP contribution in [0.4, 0.5) is 11.4 Å². The normalized spacial score (nSPS) is 15.0. The fourth-order valence-corrected chi connectivity index (χ4v) is 3.37. The lowest BCUT2D eigenvalue weighted by Crippen LogP contribution is -2.38. The number of aromatic hydroxyl groups is 1. The molecule has 1 fully saturated rings. The molecule has 1 aliphatic heterocycles. The second kappa shape index (κ2) is 7.46. The number of halogens is 1. The first-order valence-corrected chi connectivity index (χ1v) is 8.84. The zero-order valence-electron chi connectivity index (χ0n) is 14.5. The van der Waals surface area contributed by atoms with E-state index in [1.807, 2.05) is 18.2 Å². The second-order valence-electron chi connectivity index (χ2n) is 5.94. The number of ether oxygens (including phenoxy) is 1. The van der Waals surface area contributed by atoms with Crippen LogP contribution in [-0.4, -0.2) is 46.8 Å². The maximum atomic E-state index is 12.2. The Bertz CT molecular complexity index is 974. The molecule has 9 heteroatoms. The highest BCUT2D eigenvalue weighted by Gasteiger charge is 2.15. The van der Waals surface area contributed by atoms with Crippen LogP contribution < -0.4 is 16.1 Å². The smallest absolute Gasteiger partial charge is 0.333 e. The van der Waals surface area contributed by atoms with Crippen molar-refractivity contribution < 1.29 is 9.84 Å². The summed E-state index contributed by atoms with van der Waals surface area (Å²) in [6.07, 6.45) is 1.27. The van der Waals surface area contributed by atoms with Crippen LogP contribution >= 0.6 is 15.9 Å². The van der Waals surface area contributed by atoms with Gasteiger partial charge in [-0.25, -0.2) is 4.79 Å². The standard InChI is InChI=1S/C17H19BrN4O4/c1-20-15(23)12(16(24)21(2)17(20)25)10-19-11-3-4-14(13(18)9-11)22-5-7-26-8-6-22/h3-4,9-10,23H,5-8H2,1-2H3. The van der Waals surface area contributed by atoms with Gasteiger partial charge < -0.3 is 14.7 Å². The third-order valence-electron chi connectivity index (χ3n) is 4.29. The number of aromatic nitrogens is 2. The van der Waals surface area contributed by atoms with E-state index in [1.165, 1.54) is 20.3 Å². The van der Waals surface area contributed by atoms with Gasteiger partial charge >= 0.3 is 5.69 Å². The van der Waals surface area contributed by atoms with Crippen LogP contribution in [0.3, 0.4) is 0 Å². The monoisotopic (exact) mass is 422 g/mol. The molecule has 0 amide bonds. The zero-order chi connectivity index (χ0) is 18.8. The number of benzene rings is 1. The van der Waals surface area contributed by atoms with E-state index >= 15 is 0 Å².